The first-order chi connectivity index (χ1) is 9.16. The molecule has 0 spiro atoms. The van der Waals surface area contributed by atoms with Gasteiger partial charge in [0.25, 0.3) is 0 Å². The highest BCUT2D eigenvalue weighted by atomic mass is 32.1. The minimum Gasteiger partial charge on any atom is -0.477 e. The molecule has 3 heterocycles. The van der Waals surface area contributed by atoms with Gasteiger partial charge >= 0.3 is 5.97 Å². The summed E-state index contributed by atoms with van der Waals surface area (Å²) in [5.41, 5.74) is 0.655. The van der Waals surface area contributed by atoms with Crippen LogP contribution in [0.3, 0.4) is 0 Å². The van der Waals surface area contributed by atoms with Crippen LogP contribution in [0.25, 0.3) is 10.2 Å². The summed E-state index contributed by atoms with van der Waals surface area (Å²) in [7, 11) is 0. The number of carboxylic acid groups (broad SMARTS) is 1. The quantitative estimate of drug-likeness (QED) is 0.924. The van der Waals surface area contributed by atoms with Crippen molar-refractivity contribution in [3.8, 4) is 5.88 Å². The Bertz CT molecular complexity index is 634. The minimum atomic E-state index is -0.948. The summed E-state index contributed by atoms with van der Waals surface area (Å²) < 4.78 is 11.1. The number of aryl methyl sites for hydroxylation is 1. The lowest BCUT2D eigenvalue weighted by Crippen LogP contribution is -2.16. The molecule has 0 aromatic carbocycles. The van der Waals surface area contributed by atoms with Gasteiger partial charge in [-0.25, -0.2) is 14.8 Å². The van der Waals surface area contributed by atoms with Crippen LogP contribution in [0.15, 0.2) is 6.33 Å². The molecule has 2 aromatic heterocycles. The first-order valence-corrected chi connectivity index (χ1v) is 6.70. The van der Waals surface area contributed by atoms with Gasteiger partial charge in [0, 0.05) is 6.42 Å². The van der Waals surface area contributed by atoms with E-state index in [4.69, 9.17) is 14.6 Å². The van der Waals surface area contributed by atoms with Crippen LogP contribution in [-0.2, 0) is 4.74 Å². The van der Waals surface area contributed by atoms with E-state index in [-0.39, 0.29) is 11.0 Å². The van der Waals surface area contributed by atoms with Crippen molar-refractivity contribution < 1.29 is 19.4 Å². The molecule has 0 aliphatic carbocycles. The molecule has 1 aliphatic rings. The Labute approximate surface area is 113 Å². The van der Waals surface area contributed by atoms with Gasteiger partial charge in [-0.1, -0.05) is 0 Å². The average Bonchev–Trinajstić information content (AvgIpc) is 2.98. The highest BCUT2D eigenvalue weighted by Crippen LogP contribution is 2.35. The Morgan fingerprint density at radius 3 is 3.11 bits per heavy atom. The summed E-state index contributed by atoms with van der Waals surface area (Å²) >= 11 is 1.14. The lowest BCUT2D eigenvalue weighted by Gasteiger charge is -2.11. The van der Waals surface area contributed by atoms with Crippen molar-refractivity contribution in [3.05, 3.63) is 16.8 Å². The number of aromatic nitrogens is 2. The van der Waals surface area contributed by atoms with E-state index in [1.54, 1.807) is 6.92 Å². The lowest BCUT2D eigenvalue weighted by molar-refractivity contribution is 0.0701. The number of ether oxygens (including phenoxy) is 2. The molecule has 0 saturated carbocycles. The number of carboxylic acids is 1. The monoisotopic (exact) mass is 280 g/mol. The van der Waals surface area contributed by atoms with Crippen LogP contribution in [0.1, 0.15) is 21.7 Å². The van der Waals surface area contributed by atoms with Crippen molar-refractivity contribution in [1.82, 2.24) is 9.97 Å². The number of hydrogen-bond donors (Lipinski definition) is 1. The first-order valence-electron chi connectivity index (χ1n) is 5.88. The summed E-state index contributed by atoms with van der Waals surface area (Å²) in [6.07, 6.45) is 2.20. The van der Waals surface area contributed by atoms with Crippen LogP contribution >= 0.6 is 11.3 Å². The number of hydrogen-bond acceptors (Lipinski definition) is 6. The van der Waals surface area contributed by atoms with Gasteiger partial charge in [-0.15, -0.1) is 11.3 Å². The van der Waals surface area contributed by atoms with Crippen LogP contribution < -0.4 is 4.74 Å². The molecule has 1 N–H and O–H groups in total. The van der Waals surface area contributed by atoms with Crippen molar-refractivity contribution in [3.63, 3.8) is 0 Å². The van der Waals surface area contributed by atoms with Crippen molar-refractivity contribution >= 4 is 27.5 Å². The van der Waals surface area contributed by atoms with Gasteiger partial charge in [0.2, 0.25) is 5.88 Å². The van der Waals surface area contributed by atoms with Gasteiger partial charge < -0.3 is 14.6 Å². The van der Waals surface area contributed by atoms with Crippen LogP contribution in [0.4, 0.5) is 0 Å². The number of aromatic carboxylic acids is 1. The normalized spacial score (nSPS) is 18.9. The van der Waals surface area contributed by atoms with Gasteiger partial charge in [-0.2, -0.15) is 0 Å². The zero-order chi connectivity index (χ0) is 13.4. The van der Waals surface area contributed by atoms with E-state index < -0.39 is 5.97 Å². The number of thiophene rings is 1. The number of nitrogens with zero attached hydrogens (tertiary/aromatic N) is 2. The van der Waals surface area contributed by atoms with Gasteiger partial charge in [-0.05, 0) is 12.5 Å². The fourth-order valence-corrected chi connectivity index (χ4v) is 3.07. The Morgan fingerprint density at radius 1 is 1.58 bits per heavy atom. The fourth-order valence-electron chi connectivity index (χ4n) is 2.10. The standard InChI is InChI=1S/C12H12N2O4S/c1-6-8-10(18-7-2-3-17-4-7)13-5-14-11(8)19-9(6)12(15)16/h5,7H,2-4H2,1H3,(H,15,16). The topological polar surface area (TPSA) is 81.5 Å². The molecule has 1 unspecified atom stereocenters. The SMILES string of the molecule is Cc1c(C(=O)O)sc2ncnc(OC3CCOC3)c12. The summed E-state index contributed by atoms with van der Waals surface area (Å²) in [6, 6.07) is 0. The Morgan fingerprint density at radius 2 is 2.42 bits per heavy atom. The molecule has 100 valence electrons. The van der Waals surface area contributed by atoms with E-state index in [1.165, 1.54) is 6.33 Å². The minimum absolute atomic E-state index is 0.0225. The molecule has 6 nitrogen and oxygen atoms in total. The van der Waals surface area contributed by atoms with Gasteiger partial charge in [0.05, 0.1) is 18.6 Å². The van der Waals surface area contributed by atoms with Crippen molar-refractivity contribution in [2.45, 2.75) is 19.4 Å². The van der Waals surface area contributed by atoms with Gasteiger partial charge in [0.1, 0.15) is 22.1 Å². The van der Waals surface area contributed by atoms with Crippen molar-refractivity contribution in [2.24, 2.45) is 0 Å². The van der Waals surface area contributed by atoms with Gasteiger partial charge in [0.15, 0.2) is 0 Å². The molecule has 3 rings (SSSR count). The third kappa shape index (κ3) is 2.15. The summed E-state index contributed by atoms with van der Waals surface area (Å²) in [5.74, 6) is -0.502. The second kappa shape index (κ2) is 4.75. The highest BCUT2D eigenvalue weighted by molar-refractivity contribution is 7.20. The lowest BCUT2D eigenvalue weighted by atomic mass is 10.2. The summed E-state index contributed by atoms with van der Waals surface area (Å²) in [5, 5.41) is 9.83. The van der Waals surface area contributed by atoms with E-state index in [0.29, 0.717) is 34.9 Å². The Hall–Kier alpha value is -1.73. The molecule has 1 saturated heterocycles. The van der Waals surface area contributed by atoms with E-state index in [0.717, 1.165) is 17.8 Å². The first kappa shape index (κ1) is 12.3. The van der Waals surface area contributed by atoms with Crippen molar-refractivity contribution in [2.75, 3.05) is 13.2 Å². The van der Waals surface area contributed by atoms with E-state index in [2.05, 4.69) is 9.97 Å². The zero-order valence-electron chi connectivity index (χ0n) is 10.3. The molecule has 0 radical (unpaired) electrons. The van der Waals surface area contributed by atoms with Crippen molar-refractivity contribution in [1.29, 1.82) is 0 Å². The molecule has 1 fully saturated rings. The summed E-state index contributed by atoms with van der Waals surface area (Å²) in [6.45, 7) is 2.98. The predicted octanol–water partition coefficient (Wildman–Crippen LogP) is 1.87. The van der Waals surface area contributed by atoms with E-state index >= 15 is 0 Å². The average molecular weight is 280 g/mol. The molecule has 7 heteroatoms. The second-order valence-electron chi connectivity index (χ2n) is 4.32. The number of carbonyl (C=O) groups is 1. The van der Waals surface area contributed by atoms with E-state index in [1.807, 2.05) is 0 Å². The molecule has 1 atom stereocenters. The van der Waals surface area contributed by atoms with Gasteiger partial charge in [-0.3, -0.25) is 0 Å². The van der Waals surface area contributed by atoms with Crippen LogP contribution in [0.2, 0.25) is 0 Å². The molecule has 2 aromatic rings. The molecule has 0 amide bonds. The van der Waals surface area contributed by atoms with Crippen LogP contribution in [0, 0.1) is 6.92 Å². The Balaban J connectivity index is 2.06. The maximum absolute atomic E-state index is 11.1. The number of fused-ring (bicyclic) bond motifs is 1. The maximum atomic E-state index is 11.1. The third-order valence-electron chi connectivity index (χ3n) is 3.05. The molecular weight excluding hydrogens is 268 g/mol. The maximum Gasteiger partial charge on any atom is 0.346 e. The molecule has 0 bridgehead atoms. The van der Waals surface area contributed by atoms with E-state index in [9.17, 15) is 4.79 Å². The molecule has 1 aliphatic heterocycles. The third-order valence-corrected chi connectivity index (χ3v) is 4.24. The summed E-state index contributed by atoms with van der Waals surface area (Å²) in [4.78, 5) is 20.3. The predicted molar refractivity (Wildman–Crippen MR) is 69.0 cm³/mol. The molecular formula is C12H12N2O4S. The highest BCUT2D eigenvalue weighted by Gasteiger charge is 2.23. The smallest absolute Gasteiger partial charge is 0.346 e. The fraction of sp³-hybridized carbons (Fsp3) is 0.417. The largest absolute Gasteiger partial charge is 0.477 e. The van der Waals surface area contributed by atoms with Crippen LogP contribution in [-0.4, -0.2) is 40.4 Å². The van der Waals surface area contributed by atoms with Crippen LogP contribution in [0.5, 0.6) is 5.88 Å². The molecule has 19 heavy (non-hydrogen) atoms. The zero-order valence-corrected chi connectivity index (χ0v) is 11.1. The number of rotatable bonds is 3. The Kier molecular flexibility index (Phi) is 3.08. The second-order valence-corrected chi connectivity index (χ2v) is 5.32.